The average Bonchev–Trinajstić information content (AvgIpc) is 2.95. The Bertz CT molecular complexity index is 1040. The molecule has 1 N–H and O–H groups in total. The Kier molecular flexibility index (Phi) is 3.88. The third-order valence-electron chi connectivity index (χ3n) is 4.62. The summed E-state index contributed by atoms with van der Waals surface area (Å²) in [6.07, 6.45) is 3.03. The number of nitrogens with zero attached hydrogens (tertiary/aromatic N) is 4. The highest BCUT2D eigenvalue weighted by atomic mass is 32.2. The van der Waals surface area contributed by atoms with Crippen molar-refractivity contribution in [2.45, 2.75) is 25.8 Å². The summed E-state index contributed by atoms with van der Waals surface area (Å²) < 4.78 is 27.1. The van der Waals surface area contributed by atoms with E-state index in [9.17, 15) is 8.42 Å². The Morgan fingerprint density at radius 1 is 1.28 bits per heavy atom. The average molecular weight is 359 g/mol. The number of piperidine rings is 1. The predicted molar refractivity (Wildman–Crippen MR) is 98.3 cm³/mol. The molecule has 2 aromatic heterocycles. The third kappa shape index (κ3) is 3.07. The van der Waals surface area contributed by atoms with E-state index in [4.69, 9.17) is 4.98 Å². The first-order chi connectivity index (χ1) is 11.9. The van der Waals surface area contributed by atoms with E-state index in [1.807, 2.05) is 41.8 Å². The largest absolute Gasteiger partial charge is 0.365 e. The number of fused-ring (bicyclic) bond motifs is 3. The van der Waals surface area contributed by atoms with Crippen LogP contribution in [0.15, 0.2) is 30.3 Å². The van der Waals surface area contributed by atoms with Crippen LogP contribution in [-0.2, 0) is 10.0 Å². The number of hydrogen-bond acceptors (Lipinski definition) is 5. The maximum absolute atomic E-state index is 11.8. The molecule has 1 aromatic carbocycles. The minimum atomic E-state index is -3.17. The summed E-state index contributed by atoms with van der Waals surface area (Å²) in [5.41, 5.74) is 2.68. The molecule has 4 rings (SSSR count). The second-order valence-corrected chi connectivity index (χ2v) is 8.62. The van der Waals surface area contributed by atoms with Gasteiger partial charge in [-0.2, -0.15) is 5.10 Å². The van der Waals surface area contributed by atoms with E-state index in [-0.39, 0.29) is 6.04 Å². The van der Waals surface area contributed by atoms with Gasteiger partial charge in [0.15, 0.2) is 5.65 Å². The highest BCUT2D eigenvalue weighted by molar-refractivity contribution is 7.88. The van der Waals surface area contributed by atoms with Crippen LogP contribution in [0.3, 0.4) is 0 Å². The Morgan fingerprint density at radius 3 is 2.88 bits per heavy atom. The lowest BCUT2D eigenvalue weighted by Gasteiger charge is -2.31. The van der Waals surface area contributed by atoms with Crippen molar-refractivity contribution in [2.24, 2.45) is 0 Å². The fourth-order valence-electron chi connectivity index (χ4n) is 3.44. The molecule has 8 heteroatoms. The molecule has 1 fully saturated rings. The van der Waals surface area contributed by atoms with Gasteiger partial charge >= 0.3 is 0 Å². The molecule has 0 radical (unpaired) electrons. The van der Waals surface area contributed by atoms with Crippen LogP contribution < -0.4 is 5.32 Å². The molecular weight excluding hydrogens is 338 g/mol. The lowest BCUT2D eigenvalue weighted by Crippen LogP contribution is -2.44. The SMILES string of the molecule is Cc1cc2nc(NC3CCCN(S(C)(=O)=O)C3)c3ccccc3n2n1. The Hall–Kier alpha value is -2.19. The standard InChI is InChI=1S/C17H21N5O2S/c1-12-10-16-19-17(14-7-3-4-8-15(14)22(16)20-12)18-13-6-5-9-21(11-13)25(2,23)24/h3-4,7-8,10,13H,5-6,9,11H2,1-2H3,(H,18,19). The number of para-hydroxylation sites is 1. The Balaban J connectivity index is 1.73. The van der Waals surface area contributed by atoms with Crippen LogP contribution in [0.1, 0.15) is 18.5 Å². The predicted octanol–water partition coefficient (Wildman–Crippen LogP) is 2.03. The Morgan fingerprint density at radius 2 is 2.08 bits per heavy atom. The zero-order valence-corrected chi connectivity index (χ0v) is 15.1. The van der Waals surface area contributed by atoms with Crippen molar-refractivity contribution in [2.75, 3.05) is 24.7 Å². The molecular formula is C17H21N5O2S. The zero-order chi connectivity index (χ0) is 17.6. The number of aromatic nitrogens is 3. The number of nitrogens with one attached hydrogen (secondary N) is 1. The number of benzene rings is 1. The maximum Gasteiger partial charge on any atom is 0.211 e. The molecule has 0 aliphatic carbocycles. The van der Waals surface area contributed by atoms with E-state index >= 15 is 0 Å². The summed E-state index contributed by atoms with van der Waals surface area (Å²) in [7, 11) is -3.17. The van der Waals surface area contributed by atoms with E-state index in [0.717, 1.165) is 40.9 Å². The molecule has 3 heterocycles. The molecule has 1 aliphatic heterocycles. The van der Waals surface area contributed by atoms with Crippen LogP contribution in [0.4, 0.5) is 5.82 Å². The second-order valence-electron chi connectivity index (χ2n) is 6.64. The fourth-order valence-corrected chi connectivity index (χ4v) is 4.35. The first kappa shape index (κ1) is 16.3. The first-order valence-corrected chi connectivity index (χ1v) is 10.2. The van der Waals surface area contributed by atoms with Crippen LogP contribution in [0, 0.1) is 6.92 Å². The number of rotatable bonds is 3. The van der Waals surface area contributed by atoms with Gasteiger partial charge in [0.1, 0.15) is 5.82 Å². The number of sulfonamides is 1. The molecule has 1 atom stereocenters. The molecule has 0 bridgehead atoms. The van der Waals surface area contributed by atoms with Crippen molar-refractivity contribution in [1.82, 2.24) is 18.9 Å². The van der Waals surface area contributed by atoms with Gasteiger partial charge < -0.3 is 5.32 Å². The van der Waals surface area contributed by atoms with Crippen molar-refractivity contribution in [3.8, 4) is 0 Å². The molecule has 1 aliphatic rings. The van der Waals surface area contributed by atoms with Crippen LogP contribution >= 0.6 is 0 Å². The highest BCUT2D eigenvalue weighted by Crippen LogP contribution is 2.25. The summed E-state index contributed by atoms with van der Waals surface area (Å²) in [4.78, 5) is 4.73. The van der Waals surface area contributed by atoms with Gasteiger partial charge in [-0.25, -0.2) is 22.2 Å². The first-order valence-electron chi connectivity index (χ1n) is 8.38. The van der Waals surface area contributed by atoms with Crippen molar-refractivity contribution in [3.63, 3.8) is 0 Å². The summed E-state index contributed by atoms with van der Waals surface area (Å²) in [5.74, 6) is 0.781. The zero-order valence-electron chi connectivity index (χ0n) is 14.3. The Labute approximate surface area is 146 Å². The molecule has 0 spiro atoms. The summed E-state index contributed by atoms with van der Waals surface area (Å²) in [5, 5.41) is 8.96. The number of hydrogen-bond donors (Lipinski definition) is 1. The molecule has 0 amide bonds. The third-order valence-corrected chi connectivity index (χ3v) is 5.89. The minimum absolute atomic E-state index is 0.0471. The minimum Gasteiger partial charge on any atom is -0.365 e. The summed E-state index contributed by atoms with van der Waals surface area (Å²) >= 11 is 0. The van der Waals surface area contributed by atoms with Gasteiger partial charge in [0.05, 0.1) is 17.5 Å². The van der Waals surface area contributed by atoms with Crippen molar-refractivity contribution in [1.29, 1.82) is 0 Å². The lowest BCUT2D eigenvalue weighted by molar-refractivity contribution is 0.329. The quantitative estimate of drug-likeness (QED) is 0.774. The van der Waals surface area contributed by atoms with E-state index in [1.54, 1.807) is 0 Å². The molecule has 1 saturated heterocycles. The van der Waals surface area contributed by atoms with Crippen LogP contribution in [0.5, 0.6) is 0 Å². The monoisotopic (exact) mass is 359 g/mol. The maximum atomic E-state index is 11.8. The van der Waals surface area contributed by atoms with Crippen LogP contribution in [0.2, 0.25) is 0 Å². The smallest absolute Gasteiger partial charge is 0.211 e. The summed E-state index contributed by atoms with van der Waals surface area (Å²) in [6, 6.07) is 9.98. The van der Waals surface area contributed by atoms with Gasteiger partial charge in [-0.05, 0) is 31.9 Å². The van der Waals surface area contributed by atoms with Gasteiger partial charge in [-0.15, -0.1) is 0 Å². The van der Waals surface area contributed by atoms with E-state index in [1.165, 1.54) is 10.6 Å². The number of aryl methyl sites for hydroxylation is 1. The second kappa shape index (κ2) is 5.96. The van der Waals surface area contributed by atoms with E-state index in [2.05, 4.69) is 10.4 Å². The molecule has 3 aromatic rings. The van der Waals surface area contributed by atoms with E-state index in [0.29, 0.717) is 13.1 Å². The molecule has 25 heavy (non-hydrogen) atoms. The topological polar surface area (TPSA) is 79.6 Å². The number of anilines is 1. The van der Waals surface area contributed by atoms with Gasteiger partial charge in [-0.3, -0.25) is 0 Å². The molecule has 1 unspecified atom stereocenters. The normalized spacial score (nSPS) is 19.5. The summed E-state index contributed by atoms with van der Waals surface area (Å²) in [6.45, 7) is 3.01. The highest BCUT2D eigenvalue weighted by Gasteiger charge is 2.26. The van der Waals surface area contributed by atoms with Crippen LogP contribution in [0.25, 0.3) is 16.6 Å². The van der Waals surface area contributed by atoms with Gasteiger partial charge in [0.2, 0.25) is 10.0 Å². The van der Waals surface area contributed by atoms with Crippen molar-refractivity contribution in [3.05, 3.63) is 36.0 Å². The lowest BCUT2D eigenvalue weighted by atomic mass is 10.1. The van der Waals surface area contributed by atoms with Crippen molar-refractivity contribution >= 4 is 32.4 Å². The van der Waals surface area contributed by atoms with Crippen LogP contribution in [-0.4, -0.2) is 52.7 Å². The van der Waals surface area contributed by atoms with Gasteiger partial charge in [0, 0.05) is 30.6 Å². The fraction of sp³-hybridized carbons (Fsp3) is 0.412. The van der Waals surface area contributed by atoms with E-state index < -0.39 is 10.0 Å². The van der Waals surface area contributed by atoms with Gasteiger partial charge in [0.25, 0.3) is 0 Å². The van der Waals surface area contributed by atoms with Gasteiger partial charge in [-0.1, -0.05) is 12.1 Å². The molecule has 132 valence electrons. The van der Waals surface area contributed by atoms with Crippen molar-refractivity contribution < 1.29 is 8.42 Å². The molecule has 0 saturated carbocycles. The molecule has 7 nitrogen and oxygen atoms in total.